The molecule has 0 aliphatic carbocycles. The maximum Gasteiger partial charge on any atom is 0.254 e. The molecule has 0 atom stereocenters. The summed E-state index contributed by atoms with van der Waals surface area (Å²) in [5.74, 6) is 0.151. The number of rotatable bonds is 7. The van der Waals surface area contributed by atoms with E-state index in [0.717, 1.165) is 12.0 Å². The highest BCUT2D eigenvalue weighted by Crippen LogP contribution is 2.24. The minimum absolute atomic E-state index is 0.143. The van der Waals surface area contributed by atoms with Crippen molar-refractivity contribution in [3.05, 3.63) is 95.4 Å². The summed E-state index contributed by atoms with van der Waals surface area (Å²) in [5.41, 5.74) is 2.58. The highest BCUT2D eigenvalue weighted by Gasteiger charge is 2.12. The highest BCUT2D eigenvalue weighted by molar-refractivity contribution is 7.98. The Morgan fingerprint density at radius 2 is 1.81 bits per heavy atom. The average molecular weight is 366 g/mol. The standard InChI is InChI=1S/C21H19FN2OS/c22-18-9-4-8-17(14-18)15-26-21-19(10-5-12-24-21)20(25)23-13-11-16-6-2-1-3-7-16/h1-10,12,14H,11,13,15H2,(H,23,25). The normalized spacial score (nSPS) is 10.5. The molecule has 0 saturated heterocycles. The molecule has 0 saturated carbocycles. The van der Waals surface area contributed by atoms with Crippen molar-refractivity contribution in [3.63, 3.8) is 0 Å². The number of carbonyl (C=O) groups is 1. The van der Waals surface area contributed by atoms with Crippen molar-refractivity contribution in [2.45, 2.75) is 17.2 Å². The van der Waals surface area contributed by atoms with Gasteiger partial charge in [-0.25, -0.2) is 9.37 Å². The summed E-state index contributed by atoms with van der Waals surface area (Å²) in [5, 5.41) is 3.59. The second kappa shape index (κ2) is 9.15. The quantitative estimate of drug-likeness (QED) is 0.627. The van der Waals surface area contributed by atoms with Crippen molar-refractivity contribution < 1.29 is 9.18 Å². The van der Waals surface area contributed by atoms with E-state index in [-0.39, 0.29) is 11.7 Å². The molecule has 1 amide bonds. The first-order valence-electron chi connectivity index (χ1n) is 8.37. The van der Waals surface area contributed by atoms with E-state index < -0.39 is 0 Å². The van der Waals surface area contributed by atoms with Crippen molar-refractivity contribution in [3.8, 4) is 0 Å². The third-order valence-corrected chi connectivity index (χ3v) is 4.90. The molecule has 0 unspecified atom stereocenters. The van der Waals surface area contributed by atoms with Gasteiger partial charge in [-0.15, -0.1) is 11.8 Å². The Kier molecular flexibility index (Phi) is 6.39. The number of pyridine rings is 1. The van der Waals surface area contributed by atoms with Gasteiger partial charge >= 0.3 is 0 Å². The van der Waals surface area contributed by atoms with Crippen molar-refractivity contribution in [2.75, 3.05) is 6.54 Å². The Hall–Kier alpha value is -2.66. The second-order valence-corrected chi connectivity index (χ2v) is 6.73. The van der Waals surface area contributed by atoms with Gasteiger partial charge in [0.1, 0.15) is 10.8 Å². The maximum absolute atomic E-state index is 13.3. The van der Waals surface area contributed by atoms with Crippen LogP contribution in [0.4, 0.5) is 4.39 Å². The second-order valence-electron chi connectivity index (χ2n) is 5.77. The fraction of sp³-hybridized carbons (Fsp3) is 0.143. The van der Waals surface area contributed by atoms with Crippen LogP contribution in [0.3, 0.4) is 0 Å². The summed E-state index contributed by atoms with van der Waals surface area (Å²) in [6.45, 7) is 0.561. The van der Waals surface area contributed by atoms with Crippen LogP contribution in [-0.4, -0.2) is 17.4 Å². The largest absolute Gasteiger partial charge is 0.352 e. The van der Waals surface area contributed by atoms with E-state index in [4.69, 9.17) is 0 Å². The molecule has 3 rings (SSSR count). The summed E-state index contributed by atoms with van der Waals surface area (Å²) in [6, 6.07) is 20.0. The number of carbonyl (C=O) groups excluding carboxylic acids is 1. The smallest absolute Gasteiger partial charge is 0.254 e. The van der Waals surface area contributed by atoms with Crippen molar-refractivity contribution in [1.82, 2.24) is 10.3 Å². The number of nitrogens with zero attached hydrogens (tertiary/aromatic N) is 1. The van der Waals surface area contributed by atoms with Crippen LogP contribution in [-0.2, 0) is 12.2 Å². The maximum atomic E-state index is 13.3. The Morgan fingerprint density at radius 1 is 1.00 bits per heavy atom. The minimum atomic E-state index is -0.261. The van der Waals surface area contributed by atoms with E-state index >= 15 is 0 Å². The van der Waals surface area contributed by atoms with Crippen LogP contribution in [0.5, 0.6) is 0 Å². The van der Waals surface area contributed by atoms with E-state index in [9.17, 15) is 9.18 Å². The van der Waals surface area contributed by atoms with Crippen molar-refractivity contribution in [1.29, 1.82) is 0 Å². The molecule has 2 aromatic carbocycles. The number of nitrogens with one attached hydrogen (secondary N) is 1. The van der Waals surface area contributed by atoms with Gasteiger partial charge in [0.25, 0.3) is 5.91 Å². The molecule has 0 spiro atoms. The lowest BCUT2D eigenvalue weighted by Crippen LogP contribution is -2.26. The molecule has 0 fully saturated rings. The highest BCUT2D eigenvalue weighted by atomic mass is 32.2. The fourth-order valence-corrected chi connectivity index (χ4v) is 3.45. The Bertz CT molecular complexity index is 871. The summed E-state index contributed by atoms with van der Waals surface area (Å²) < 4.78 is 13.3. The van der Waals surface area contributed by atoms with Crippen molar-refractivity contribution >= 4 is 17.7 Å². The first kappa shape index (κ1) is 18.1. The summed E-state index contributed by atoms with van der Waals surface area (Å²) >= 11 is 1.43. The summed E-state index contributed by atoms with van der Waals surface area (Å²) in [7, 11) is 0. The molecule has 3 nitrogen and oxygen atoms in total. The van der Waals surface area contributed by atoms with Crippen LogP contribution in [0.15, 0.2) is 78.0 Å². The Morgan fingerprint density at radius 3 is 2.62 bits per heavy atom. The van der Waals surface area contributed by atoms with Crippen LogP contribution in [0, 0.1) is 5.82 Å². The number of hydrogen-bond donors (Lipinski definition) is 1. The zero-order chi connectivity index (χ0) is 18.2. The van der Waals surface area contributed by atoms with Crippen LogP contribution >= 0.6 is 11.8 Å². The predicted octanol–water partition coefficient (Wildman–Crippen LogP) is 4.49. The summed E-state index contributed by atoms with van der Waals surface area (Å²) in [4.78, 5) is 16.8. The molecule has 0 aliphatic rings. The lowest BCUT2D eigenvalue weighted by atomic mass is 10.1. The monoisotopic (exact) mass is 366 g/mol. The van der Waals surface area contributed by atoms with Crippen molar-refractivity contribution in [2.24, 2.45) is 0 Å². The van der Waals surface area contributed by atoms with Crippen LogP contribution in [0.25, 0.3) is 0 Å². The molecule has 1 heterocycles. The van der Waals surface area contributed by atoms with Crippen LogP contribution in [0.1, 0.15) is 21.5 Å². The SMILES string of the molecule is O=C(NCCc1ccccc1)c1cccnc1SCc1cccc(F)c1. The summed E-state index contributed by atoms with van der Waals surface area (Å²) in [6.07, 6.45) is 2.44. The molecule has 132 valence electrons. The van der Waals surface area contributed by atoms with Crippen LogP contribution < -0.4 is 5.32 Å². The van der Waals surface area contributed by atoms with Crippen LogP contribution in [0.2, 0.25) is 0 Å². The first-order valence-corrected chi connectivity index (χ1v) is 9.35. The third kappa shape index (κ3) is 5.17. The van der Waals surface area contributed by atoms with Gasteiger partial charge in [-0.1, -0.05) is 42.5 Å². The molecule has 0 aliphatic heterocycles. The molecular weight excluding hydrogens is 347 g/mol. The average Bonchev–Trinajstić information content (AvgIpc) is 2.67. The molecule has 1 N–H and O–H groups in total. The molecule has 0 bridgehead atoms. The van der Waals surface area contributed by atoms with E-state index in [0.29, 0.717) is 22.9 Å². The van der Waals surface area contributed by atoms with E-state index in [2.05, 4.69) is 10.3 Å². The fourth-order valence-electron chi connectivity index (χ4n) is 2.52. The number of benzene rings is 2. The van der Waals surface area contributed by atoms with Gasteiger partial charge in [0, 0.05) is 18.5 Å². The third-order valence-electron chi connectivity index (χ3n) is 3.82. The van der Waals surface area contributed by atoms with Gasteiger partial charge in [0.05, 0.1) is 5.56 Å². The molecular formula is C21H19FN2OS. The topological polar surface area (TPSA) is 42.0 Å². The Balaban J connectivity index is 1.59. The molecule has 3 aromatic rings. The zero-order valence-corrected chi connectivity index (χ0v) is 15.0. The number of aromatic nitrogens is 1. The van der Waals surface area contributed by atoms with Gasteiger partial charge in [-0.05, 0) is 41.8 Å². The molecule has 5 heteroatoms. The number of thioether (sulfide) groups is 1. The van der Waals surface area contributed by atoms with Gasteiger partial charge < -0.3 is 5.32 Å². The number of hydrogen-bond acceptors (Lipinski definition) is 3. The number of halogens is 1. The van der Waals surface area contributed by atoms with Gasteiger partial charge in [0.15, 0.2) is 0 Å². The van der Waals surface area contributed by atoms with E-state index in [1.165, 1.54) is 29.5 Å². The predicted molar refractivity (Wildman–Crippen MR) is 103 cm³/mol. The molecule has 0 radical (unpaired) electrons. The number of amides is 1. The lowest BCUT2D eigenvalue weighted by Gasteiger charge is -2.09. The van der Waals surface area contributed by atoms with Gasteiger partial charge in [-0.2, -0.15) is 0 Å². The van der Waals surface area contributed by atoms with Gasteiger partial charge in [-0.3, -0.25) is 4.79 Å². The lowest BCUT2D eigenvalue weighted by molar-refractivity contribution is 0.0950. The first-order chi connectivity index (χ1) is 12.7. The minimum Gasteiger partial charge on any atom is -0.352 e. The van der Waals surface area contributed by atoms with Gasteiger partial charge in [0.2, 0.25) is 0 Å². The molecule has 26 heavy (non-hydrogen) atoms. The molecule has 1 aromatic heterocycles. The Labute approximate surface area is 156 Å². The van der Waals surface area contributed by atoms with E-state index in [1.54, 1.807) is 24.4 Å². The van der Waals surface area contributed by atoms with E-state index in [1.807, 2.05) is 36.4 Å². The zero-order valence-electron chi connectivity index (χ0n) is 14.2.